The van der Waals surface area contributed by atoms with Gasteiger partial charge in [-0.3, -0.25) is 4.99 Å². The molecular weight excluding hydrogens is 240 g/mol. The molecule has 0 atom stereocenters. The highest BCUT2D eigenvalue weighted by molar-refractivity contribution is 5.78. The molecule has 1 aliphatic heterocycles. The van der Waals surface area contributed by atoms with Gasteiger partial charge in [-0.2, -0.15) is 0 Å². The van der Waals surface area contributed by atoms with Gasteiger partial charge in [0.05, 0.1) is 18.0 Å². The van der Waals surface area contributed by atoms with Crippen molar-refractivity contribution in [2.45, 2.75) is 19.3 Å². The number of hydrogen-bond acceptors (Lipinski definition) is 4. The predicted molar refractivity (Wildman–Crippen MR) is 77.9 cm³/mol. The number of aliphatic imine (C=N–C) groups is 1. The number of benzene rings is 1. The minimum absolute atomic E-state index is 0.401. The lowest BCUT2D eigenvalue weighted by Gasteiger charge is -2.13. The second kappa shape index (κ2) is 6.73. The second-order valence-electron chi connectivity index (χ2n) is 4.24. The molecule has 0 bridgehead atoms. The van der Waals surface area contributed by atoms with Crippen LogP contribution in [0.1, 0.15) is 24.8 Å². The van der Waals surface area contributed by atoms with E-state index in [4.69, 9.17) is 4.74 Å². The minimum Gasteiger partial charge on any atom is -0.491 e. The lowest BCUT2D eigenvalue weighted by atomic mass is 10.1. The van der Waals surface area contributed by atoms with Crippen LogP contribution in [-0.4, -0.2) is 26.2 Å². The monoisotopic (exact) mass is 258 g/mol. The summed E-state index contributed by atoms with van der Waals surface area (Å²) in [5.41, 5.74) is 2.98. The summed E-state index contributed by atoms with van der Waals surface area (Å²) in [6.45, 7) is 0.401. The smallest absolute Gasteiger partial charge is 0.142 e. The maximum absolute atomic E-state index is 10.3. The Morgan fingerprint density at radius 2 is 2.32 bits per heavy atom. The Balaban J connectivity index is 2.17. The molecule has 1 aromatic rings. The number of nitrogens with zero attached hydrogens (tertiary/aromatic N) is 1. The van der Waals surface area contributed by atoms with Crippen molar-refractivity contribution in [1.82, 2.24) is 0 Å². The van der Waals surface area contributed by atoms with E-state index >= 15 is 0 Å². The van der Waals surface area contributed by atoms with Crippen LogP contribution in [0.3, 0.4) is 0 Å². The third-order valence-corrected chi connectivity index (χ3v) is 2.90. The third kappa shape index (κ3) is 3.44. The van der Waals surface area contributed by atoms with Gasteiger partial charge in [0.1, 0.15) is 12.0 Å². The number of carbonyl (C=O) groups is 1. The van der Waals surface area contributed by atoms with Crippen molar-refractivity contribution in [1.29, 1.82) is 0 Å². The molecule has 4 heteroatoms. The molecule has 1 N–H and O–H groups in total. The number of allylic oxidation sites excluding steroid dienone is 1. The SMILES string of the molecule is CNc1cc(C2=CCCC=N2)ccc1OCCC=O. The number of anilines is 1. The highest BCUT2D eigenvalue weighted by Gasteiger charge is 2.08. The molecule has 2 rings (SSSR count). The Hall–Kier alpha value is -2.10. The summed E-state index contributed by atoms with van der Waals surface area (Å²) in [4.78, 5) is 14.7. The van der Waals surface area contributed by atoms with Crippen molar-refractivity contribution in [3.63, 3.8) is 0 Å². The molecule has 0 spiro atoms. The fourth-order valence-electron chi connectivity index (χ4n) is 1.93. The lowest BCUT2D eigenvalue weighted by molar-refractivity contribution is -0.108. The molecule has 0 aromatic heterocycles. The van der Waals surface area contributed by atoms with E-state index in [1.54, 1.807) is 0 Å². The number of ether oxygens (including phenoxy) is 1. The molecule has 0 unspecified atom stereocenters. The molecule has 4 nitrogen and oxygen atoms in total. The van der Waals surface area contributed by atoms with Crippen LogP contribution in [-0.2, 0) is 4.79 Å². The molecule has 0 aliphatic carbocycles. The van der Waals surface area contributed by atoms with Gasteiger partial charge in [-0.1, -0.05) is 6.08 Å². The Morgan fingerprint density at radius 3 is 3.00 bits per heavy atom. The van der Waals surface area contributed by atoms with Gasteiger partial charge in [0, 0.05) is 25.2 Å². The highest BCUT2D eigenvalue weighted by atomic mass is 16.5. The topological polar surface area (TPSA) is 50.7 Å². The van der Waals surface area contributed by atoms with Crippen molar-refractivity contribution in [2.24, 2.45) is 4.99 Å². The van der Waals surface area contributed by atoms with E-state index in [9.17, 15) is 4.79 Å². The van der Waals surface area contributed by atoms with Crippen LogP contribution in [0.4, 0.5) is 5.69 Å². The Morgan fingerprint density at radius 1 is 1.42 bits per heavy atom. The molecule has 1 heterocycles. The molecule has 100 valence electrons. The molecule has 0 saturated heterocycles. The minimum atomic E-state index is 0.401. The summed E-state index contributed by atoms with van der Waals surface area (Å²) >= 11 is 0. The van der Waals surface area contributed by atoms with Crippen LogP contribution in [0.25, 0.3) is 5.70 Å². The predicted octanol–water partition coefficient (Wildman–Crippen LogP) is 2.90. The summed E-state index contributed by atoms with van der Waals surface area (Å²) in [6.07, 6.45) is 7.39. The Bertz CT molecular complexity index is 507. The van der Waals surface area contributed by atoms with Gasteiger partial charge in [-0.05, 0) is 31.0 Å². The third-order valence-electron chi connectivity index (χ3n) is 2.90. The first-order chi connectivity index (χ1) is 9.35. The molecular formula is C15H18N2O2. The largest absolute Gasteiger partial charge is 0.491 e. The first kappa shape index (κ1) is 13.3. The molecule has 19 heavy (non-hydrogen) atoms. The average Bonchev–Trinajstić information content (AvgIpc) is 2.48. The van der Waals surface area contributed by atoms with Crippen molar-refractivity contribution in [2.75, 3.05) is 19.0 Å². The van der Waals surface area contributed by atoms with Crippen LogP contribution in [0.5, 0.6) is 5.75 Å². The van der Waals surface area contributed by atoms with Gasteiger partial charge >= 0.3 is 0 Å². The number of nitrogens with one attached hydrogen (secondary N) is 1. The molecule has 0 amide bonds. The number of hydrogen-bond donors (Lipinski definition) is 1. The zero-order chi connectivity index (χ0) is 13.5. The van der Waals surface area contributed by atoms with E-state index < -0.39 is 0 Å². The van der Waals surface area contributed by atoms with Crippen LogP contribution < -0.4 is 10.1 Å². The lowest BCUT2D eigenvalue weighted by Crippen LogP contribution is -2.01. The van der Waals surface area contributed by atoms with Gasteiger partial charge in [0.2, 0.25) is 0 Å². The summed E-state index contributed by atoms with van der Waals surface area (Å²) in [6, 6.07) is 5.92. The molecule has 1 aromatic carbocycles. The fraction of sp³-hybridized carbons (Fsp3) is 0.333. The normalized spacial score (nSPS) is 13.8. The van der Waals surface area contributed by atoms with Crippen LogP contribution in [0.15, 0.2) is 29.3 Å². The van der Waals surface area contributed by atoms with Crippen molar-refractivity contribution in [3.05, 3.63) is 29.8 Å². The summed E-state index contributed by atoms with van der Waals surface area (Å²) in [5.74, 6) is 0.758. The van der Waals surface area contributed by atoms with Gasteiger partial charge in [-0.15, -0.1) is 0 Å². The second-order valence-corrected chi connectivity index (χ2v) is 4.24. The number of carbonyl (C=O) groups excluding carboxylic acids is 1. The van der Waals surface area contributed by atoms with Gasteiger partial charge in [0.15, 0.2) is 0 Å². The molecule has 0 saturated carbocycles. The maximum atomic E-state index is 10.3. The van der Waals surface area contributed by atoms with Crippen molar-refractivity contribution < 1.29 is 9.53 Å². The van der Waals surface area contributed by atoms with E-state index in [2.05, 4.69) is 16.4 Å². The first-order valence-electron chi connectivity index (χ1n) is 6.46. The van der Waals surface area contributed by atoms with Gasteiger partial charge < -0.3 is 14.8 Å². The zero-order valence-corrected chi connectivity index (χ0v) is 11.1. The number of aldehydes is 1. The summed E-state index contributed by atoms with van der Waals surface area (Å²) in [7, 11) is 1.85. The fourth-order valence-corrected chi connectivity index (χ4v) is 1.93. The van der Waals surface area contributed by atoms with E-state index in [0.717, 1.165) is 41.8 Å². The molecule has 1 aliphatic rings. The molecule has 0 radical (unpaired) electrons. The highest BCUT2D eigenvalue weighted by Crippen LogP contribution is 2.30. The van der Waals surface area contributed by atoms with Gasteiger partial charge in [-0.25, -0.2) is 0 Å². The van der Waals surface area contributed by atoms with Crippen LogP contribution in [0.2, 0.25) is 0 Å². The quantitative estimate of drug-likeness (QED) is 0.630. The summed E-state index contributed by atoms with van der Waals surface area (Å²) in [5, 5.41) is 3.11. The molecule has 0 fully saturated rings. The van der Waals surface area contributed by atoms with Crippen molar-refractivity contribution in [3.8, 4) is 5.75 Å². The number of rotatable bonds is 6. The van der Waals surface area contributed by atoms with E-state index in [1.807, 2.05) is 31.5 Å². The Labute approximate surface area is 113 Å². The van der Waals surface area contributed by atoms with E-state index in [1.165, 1.54) is 0 Å². The van der Waals surface area contributed by atoms with Crippen LogP contribution >= 0.6 is 0 Å². The maximum Gasteiger partial charge on any atom is 0.142 e. The zero-order valence-electron chi connectivity index (χ0n) is 11.1. The Kier molecular flexibility index (Phi) is 4.72. The van der Waals surface area contributed by atoms with Crippen LogP contribution in [0, 0.1) is 0 Å². The first-order valence-corrected chi connectivity index (χ1v) is 6.46. The average molecular weight is 258 g/mol. The van der Waals surface area contributed by atoms with Gasteiger partial charge in [0.25, 0.3) is 0 Å². The standard InChI is InChI=1S/C15H18N2O2/c1-16-14-11-12(13-5-2-3-8-17-13)6-7-15(14)19-10-4-9-18/h5-9,11,16H,2-4,10H2,1H3. The van der Waals surface area contributed by atoms with E-state index in [-0.39, 0.29) is 0 Å². The summed E-state index contributed by atoms with van der Waals surface area (Å²) < 4.78 is 5.56. The van der Waals surface area contributed by atoms with E-state index in [0.29, 0.717) is 13.0 Å². The van der Waals surface area contributed by atoms with Crippen molar-refractivity contribution >= 4 is 23.9 Å².